The van der Waals surface area contributed by atoms with Crippen molar-refractivity contribution < 1.29 is 19.1 Å². The summed E-state index contributed by atoms with van der Waals surface area (Å²) in [7, 11) is 1.59. The number of methoxy groups -OCH3 is 1. The fraction of sp³-hybridized carbons (Fsp3) is 0.227. The van der Waals surface area contributed by atoms with Gasteiger partial charge in [-0.25, -0.2) is 14.6 Å². The molecule has 0 saturated heterocycles. The van der Waals surface area contributed by atoms with Crippen LogP contribution in [0.3, 0.4) is 0 Å². The van der Waals surface area contributed by atoms with Crippen LogP contribution >= 0.6 is 0 Å². The molecule has 150 valence electrons. The lowest BCUT2D eigenvalue weighted by atomic mass is 10.1. The van der Waals surface area contributed by atoms with Crippen molar-refractivity contribution in [3.63, 3.8) is 0 Å². The first kappa shape index (κ1) is 20.1. The summed E-state index contributed by atoms with van der Waals surface area (Å²) in [5.74, 6) is 0.165. The van der Waals surface area contributed by atoms with Gasteiger partial charge in [0.2, 0.25) is 0 Å². The normalized spacial score (nSPS) is 11.6. The van der Waals surface area contributed by atoms with Gasteiger partial charge in [0.25, 0.3) is 0 Å². The minimum atomic E-state index is -0.750. The zero-order valence-corrected chi connectivity index (χ0v) is 16.6. The Morgan fingerprint density at radius 3 is 2.55 bits per heavy atom. The SMILES string of the molecule is CCOC(=O)[C@@H](C)NC(=O)Nc1ccc2nc(-c3ccccc3)cc(OC)c2c1. The van der Waals surface area contributed by atoms with Crippen molar-refractivity contribution in [2.75, 3.05) is 19.0 Å². The van der Waals surface area contributed by atoms with Crippen LogP contribution in [-0.2, 0) is 9.53 Å². The van der Waals surface area contributed by atoms with E-state index in [4.69, 9.17) is 14.5 Å². The van der Waals surface area contributed by atoms with Gasteiger partial charge in [0.15, 0.2) is 0 Å². The fourth-order valence-electron chi connectivity index (χ4n) is 2.89. The van der Waals surface area contributed by atoms with Gasteiger partial charge in [-0.3, -0.25) is 0 Å². The van der Waals surface area contributed by atoms with E-state index in [-0.39, 0.29) is 6.61 Å². The second-order valence-corrected chi connectivity index (χ2v) is 6.38. The number of hydrogen-bond donors (Lipinski definition) is 2. The monoisotopic (exact) mass is 393 g/mol. The molecule has 0 aliphatic heterocycles. The van der Waals surface area contributed by atoms with Crippen molar-refractivity contribution in [2.45, 2.75) is 19.9 Å². The summed E-state index contributed by atoms with van der Waals surface area (Å²) in [6.45, 7) is 3.54. The van der Waals surface area contributed by atoms with Crippen LogP contribution < -0.4 is 15.4 Å². The maximum atomic E-state index is 12.2. The van der Waals surface area contributed by atoms with Gasteiger partial charge < -0.3 is 20.1 Å². The van der Waals surface area contributed by atoms with Gasteiger partial charge >= 0.3 is 12.0 Å². The van der Waals surface area contributed by atoms with Gasteiger partial charge in [0, 0.05) is 22.7 Å². The first-order valence-corrected chi connectivity index (χ1v) is 9.30. The number of aromatic nitrogens is 1. The Bertz CT molecular complexity index is 1020. The Labute approximate surface area is 169 Å². The minimum absolute atomic E-state index is 0.259. The highest BCUT2D eigenvalue weighted by atomic mass is 16.5. The lowest BCUT2D eigenvalue weighted by Crippen LogP contribution is -2.41. The average molecular weight is 393 g/mol. The molecule has 29 heavy (non-hydrogen) atoms. The second-order valence-electron chi connectivity index (χ2n) is 6.38. The van der Waals surface area contributed by atoms with E-state index in [0.717, 1.165) is 22.2 Å². The molecule has 0 spiro atoms. The number of ether oxygens (including phenoxy) is 2. The molecule has 0 unspecified atom stereocenters. The van der Waals surface area contributed by atoms with Gasteiger partial charge in [0.05, 0.1) is 24.9 Å². The number of hydrogen-bond acceptors (Lipinski definition) is 5. The number of nitrogens with zero attached hydrogens (tertiary/aromatic N) is 1. The predicted octanol–water partition coefficient (Wildman–Crippen LogP) is 3.98. The number of pyridine rings is 1. The van der Waals surface area contributed by atoms with Gasteiger partial charge in [-0.15, -0.1) is 0 Å². The van der Waals surface area contributed by atoms with Crippen molar-refractivity contribution in [3.8, 4) is 17.0 Å². The number of fused-ring (bicyclic) bond motifs is 1. The van der Waals surface area contributed by atoms with Crippen LogP contribution in [0.1, 0.15) is 13.8 Å². The Kier molecular flexibility index (Phi) is 6.29. The zero-order chi connectivity index (χ0) is 20.8. The van der Waals surface area contributed by atoms with Crippen LogP contribution in [0.5, 0.6) is 5.75 Å². The van der Waals surface area contributed by atoms with E-state index in [9.17, 15) is 9.59 Å². The van der Waals surface area contributed by atoms with Crippen molar-refractivity contribution >= 4 is 28.6 Å². The van der Waals surface area contributed by atoms with Crippen molar-refractivity contribution in [1.82, 2.24) is 10.3 Å². The largest absolute Gasteiger partial charge is 0.496 e. The molecule has 3 aromatic rings. The molecule has 0 saturated carbocycles. The van der Waals surface area contributed by atoms with E-state index in [0.29, 0.717) is 11.4 Å². The van der Waals surface area contributed by atoms with Gasteiger partial charge in [-0.2, -0.15) is 0 Å². The first-order valence-electron chi connectivity index (χ1n) is 9.30. The molecule has 1 atom stereocenters. The quantitative estimate of drug-likeness (QED) is 0.618. The Morgan fingerprint density at radius 2 is 1.86 bits per heavy atom. The standard InChI is InChI=1S/C22H23N3O4/c1-4-29-21(26)14(2)23-22(27)24-16-10-11-18-17(12-16)20(28-3)13-19(25-18)15-8-6-5-7-9-15/h5-14H,4H2,1-3H3,(H2,23,24,27)/t14-/m1/s1. The fourth-order valence-corrected chi connectivity index (χ4v) is 2.89. The molecule has 0 radical (unpaired) electrons. The maximum Gasteiger partial charge on any atom is 0.328 e. The summed E-state index contributed by atoms with van der Waals surface area (Å²) in [5, 5.41) is 6.03. The van der Waals surface area contributed by atoms with E-state index < -0.39 is 18.0 Å². The number of amides is 2. The van der Waals surface area contributed by atoms with Gasteiger partial charge in [-0.1, -0.05) is 30.3 Å². The number of carbonyl (C=O) groups excluding carboxylic acids is 2. The van der Waals surface area contributed by atoms with E-state index in [1.165, 1.54) is 0 Å². The van der Waals surface area contributed by atoms with Crippen LogP contribution in [0, 0.1) is 0 Å². The number of esters is 1. The van der Waals surface area contributed by atoms with E-state index in [1.54, 1.807) is 33.1 Å². The predicted molar refractivity (Wildman–Crippen MR) is 112 cm³/mol. The lowest BCUT2D eigenvalue weighted by Gasteiger charge is -2.14. The van der Waals surface area contributed by atoms with Crippen LogP contribution in [0.2, 0.25) is 0 Å². The lowest BCUT2D eigenvalue weighted by molar-refractivity contribution is -0.144. The Morgan fingerprint density at radius 1 is 1.10 bits per heavy atom. The molecule has 7 nitrogen and oxygen atoms in total. The van der Waals surface area contributed by atoms with Gasteiger partial charge in [-0.05, 0) is 32.0 Å². The summed E-state index contributed by atoms with van der Waals surface area (Å²) in [5.41, 5.74) is 3.09. The zero-order valence-electron chi connectivity index (χ0n) is 16.6. The number of anilines is 1. The molecule has 2 N–H and O–H groups in total. The van der Waals surface area contributed by atoms with Crippen LogP contribution in [-0.4, -0.2) is 36.7 Å². The number of benzene rings is 2. The molecule has 2 amide bonds. The van der Waals surface area contributed by atoms with Crippen LogP contribution in [0.25, 0.3) is 22.2 Å². The third kappa shape index (κ3) is 4.82. The van der Waals surface area contributed by atoms with E-state index in [1.807, 2.05) is 42.5 Å². The summed E-state index contributed by atoms with van der Waals surface area (Å²) in [6.07, 6.45) is 0. The third-order valence-corrected chi connectivity index (χ3v) is 4.31. The summed E-state index contributed by atoms with van der Waals surface area (Å²) in [4.78, 5) is 28.5. The molecule has 1 heterocycles. The first-order chi connectivity index (χ1) is 14.0. The molecule has 3 rings (SSSR count). The second kappa shape index (κ2) is 9.05. The number of carbonyl (C=O) groups is 2. The maximum absolute atomic E-state index is 12.2. The third-order valence-electron chi connectivity index (χ3n) is 4.31. The molecule has 1 aromatic heterocycles. The molecule has 0 aliphatic rings. The molecular weight excluding hydrogens is 370 g/mol. The van der Waals surface area contributed by atoms with Crippen molar-refractivity contribution in [2.24, 2.45) is 0 Å². The van der Waals surface area contributed by atoms with Crippen LogP contribution in [0.15, 0.2) is 54.6 Å². The average Bonchev–Trinajstić information content (AvgIpc) is 2.73. The molecule has 0 aliphatic carbocycles. The van der Waals surface area contributed by atoms with E-state index in [2.05, 4.69) is 10.6 Å². The van der Waals surface area contributed by atoms with Gasteiger partial charge in [0.1, 0.15) is 11.8 Å². The summed E-state index contributed by atoms with van der Waals surface area (Å²) in [6, 6.07) is 15.8. The summed E-state index contributed by atoms with van der Waals surface area (Å²) < 4.78 is 10.4. The minimum Gasteiger partial charge on any atom is -0.496 e. The highest BCUT2D eigenvalue weighted by Crippen LogP contribution is 2.31. The van der Waals surface area contributed by atoms with Crippen LogP contribution in [0.4, 0.5) is 10.5 Å². The highest BCUT2D eigenvalue weighted by molar-refractivity contribution is 5.96. The van der Waals surface area contributed by atoms with Crippen molar-refractivity contribution in [1.29, 1.82) is 0 Å². The smallest absolute Gasteiger partial charge is 0.328 e. The molecule has 2 aromatic carbocycles. The molecule has 7 heteroatoms. The molecule has 0 bridgehead atoms. The Hall–Kier alpha value is -3.61. The highest BCUT2D eigenvalue weighted by Gasteiger charge is 2.17. The Balaban J connectivity index is 1.82. The molecular formula is C22H23N3O4. The number of nitrogens with one attached hydrogen (secondary N) is 2. The number of urea groups is 1. The summed E-state index contributed by atoms with van der Waals surface area (Å²) >= 11 is 0. The number of rotatable bonds is 6. The van der Waals surface area contributed by atoms with E-state index >= 15 is 0 Å². The van der Waals surface area contributed by atoms with Crippen molar-refractivity contribution in [3.05, 3.63) is 54.6 Å². The topological polar surface area (TPSA) is 89.5 Å². The molecule has 0 fully saturated rings.